The fourth-order valence-electron chi connectivity index (χ4n) is 7.16. The minimum Gasteiger partial charge on any atom is -0.510 e. The van der Waals surface area contributed by atoms with Gasteiger partial charge in [-0.3, -0.25) is 14.4 Å². The average Bonchev–Trinajstić information content (AvgIpc) is 3.49. The van der Waals surface area contributed by atoms with Crippen molar-refractivity contribution in [2.24, 2.45) is 35.5 Å². The first kappa shape index (κ1) is 49.8. The standard InChI is InChI=1S/C44H65NO13/c1-23(2)40(51)29(8)35(57-38(50)18-17-37(49)45-39-31(46)15-16-32(39)47)22-33(48)28(7)42(53)30(9)43-34(55-10)14-12-13-24(3)19-26(5)41(52)27(6)20-25(4)21-36(56-11)44(54)58-43/h12-14,17-18,20-21,23,26-30,34-35,40-43,46,51-53H,15-16,19,22H2,1-11H3,(H,45,49)/b14-12+,18-17+,24-13+,25-20+,36-21-/t26-,27-,28-,29+,30+,34+,35?,40-,41+,42+,43-/m1/s1. The smallest absolute Gasteiger partial charge is 0.373 e. The molecule has 0 aromatic rings. The second kappa shape index (κ2) is 23.3. The molecular formula is C44H65NO13. The zero-order valence-corrected chi connectivity index (χ0v) is 35.8. The predicted molar refractivity (Wildman–Crippen MR) is 216 cm³/mol. The van der Waals surface area contributed by atoms with Gasteiger partial charge in [-0.15, -0.1) is 0 Å². The van der Waals surface area contributed by atoms with Crippen LogP contribution in [-0.2, 0) is 42.9 Å². The summed E-state index contributed by atoms with van der Waals surface area (Å²) in [4.78, 5) is 64.7. The second-order valence-corrected chi connectivity index (χ2v) is 16.1. The number of carbonyl (C=O) groups excluding carboxylic acids is 5. The Morgan fingerprint density at radius 2 is 1.66 bits per heavy atom. The van der Waals surface area contributed by atoms with Crippen LogP contribution in [0.25, 0.3) is 0 Å². The summed E-state index contributed by atoms with van der Waals surface area (Å²) in [6.45, 7) is 15.8. The minimum atomic E-state index is -1.41. The van der Waals surface area contributed by atoms with Gasteiger partial charge in [0.2, 0.25) is 11.7 Å². The van der Waals surface area contributed by atoms with Crippen molar-refractivity contribution in [1.82, 2.24) is 5.32 Å². The Hall–Kier alpha value is -4.37. The molecule has 2 rings (SSSR count). The van der Waals surface area contributed by atoms with Gasteiger partial charge in [-0.05, 0) is 38.2 Å². The van der Waals surface area contributed by atoms with E-state index in [1.807, 2.05) is 32.9 Å². The summed E-state index contributed by atoms with van der Waals surface area (Å²) in [6, 6.07) is 0. The third kappa shape index (κ3) is 14.5. The minimum absolute atomic E-state index is 0.0492. The van der Waals surface area contributed by atoms with E-state index in [-0.39, 0.29) is 47.8 Å². The normalized spacial score (nSPS) is 29.1. The molecule has 0 radical (unpaired) electrons. The van der Waals surface area contributed by atoms with Crippen LogP contribution in [0.1, 0.15) is 88.0 Å². The fraction of sp³-hybridized carbons (Fsp3) is 0.614. The first-order valence-electron chi connectivity index (χ1n) is 19.9. The third-order valence-corrected chi connectivity index (χ3v) is 10.9. The highest BCUT2D eigenvalue weighted by Crippen LogP contribution is 2.29. The van der Waals surface area contributed by atoms with Crippen molar-refractivity contribution in [1.29, 1.82) is 0 Å². The topological polar surface area (TPSA) is 215 Å². The molecule has 5 N–H and O–H groups in total. The van der Waals surface area contributed by atoms with E-state index in [9.17, 15) is 44.4 Å². The molecule has 1 unspecified atom stereocenters. The van der Waals surface area contributed by atoms with E-state index in [0.717, 1.165) is 17.7 Å². The number of aliphatic hydroxyl groups excluding tert-OH is 4. The Balaban J connectivity index is 2.41. The van der Waals surface area contributed by atoms with E-state index < -0.39 is 90.2 Å². The molecule has 0 fully saturated rings. The molecule has 11 atom stereocenters. The van der Waals surface area contributed by atoms with Gasteiger partial charge in [0.1, 0.15) is 35.6 Å². The Kier molecular flexibility index (Phi) is 20.0. The number of hydrogen-bond donors (Lipinski definition) is 5. The van der Waals surface area contributed by atoms with Crippen molar-refractivity contribution >= 4 is 29.4 Å². The van der Waals surface area contributed by atoms with E-state index in [4.69, 9.17) is 18.9 Å². The van der Waals surface area contributed by atoms with Crippen LogP contribution in [0.15, 0.2) is 70.9 Å². The molecule has 1 amide bonds. The molecule has 14 nitrogen and oxygen atoms in total. The molecule has 0 aromatic carbocycles. The van der Waals surface area contributed by atoms with Gasteiger partial charge in [0.05, 0.1) is 25.4 Å². The number of esters is 2. The van der Waals surface area contributed by atoms with Gasteiger partial charge in [0.15, 0.2) is 5.78 Å². The van der Waals surface area contributed by atoms with Gasteiger partial charge >= 0.3 is 11.9 Å². The number of rotatable bonds is 15. The van der Waals surface area contributed by atoms with Crippen molar-refractivity contribution in [3.8, 4) is 0 Å². The predicted octanol–water partition coefficient (Wildman–Crippen LogP) is 4.89. The first-order chi connectivity index (χ1) is 27.1. The Bertz CT molecular complexity index is 1650. The highest BCUT2D eigenvalue weighted by Gasteiger charge is 2.40. The van der Waals surface area contributed by atoms with Crippen LogP contribution in [0.3, 0.4) is 0 Å². The zero-order chi connectivity index (χ0) is 44.0. The number of nitrogens with one attached hydrogen (secondary N) is 1. The van der Waals surface area contributed by atoms with Crippen LogP contribution in [0.4, 0.5) is 0 Å². The van der Waals surface area contributed by atoms with Crippen molar-refractivity contribution in [3.05, 3.63) is 70.9 Å². The lowest BCUT2D eigenvalue weighted by atomic mass is 9.81. The monoisotopic (exact) mass is 815 g/mol. The highest BCUT2D eigenvalue weighted by molar-refractivity contribution is 6.04. The molecule has 1 aliphatic heterocycles. The van der Waals surface area contributed by atoms with Crippen LogP contribution >= 0.6 is 0 Å². The molecule has 2 aliphatic rings. The molecule has 0 spiro atoms. The zero-order valence-electron chi connectivity index (χ0n) is 35.8. The first-order valence-corrected chi connectivity index (χ1v) is 19.9. The molecule has 0 bridgehead atoms. The molecule has 1 aliphatic carbocycles. The van der Waals surface area contributed by atoms with Gasteiger partial charge in [0, 0.05) is 62.2 Å². The van der Waals surface area contributed by atoms with Crippen molar-refractivity contribution in [2.45, 2.75) is 125 Å². The summed E-state index contributed by atoms with van der Waals surface area (Å²) < 4.78 is 22.8. The summed E-state index contributed by atoms with van der Waals surface area (Å²) in [5.74, 6) is -7.39. The highest BCUT2D eigenvalue weighted by atomic mass is 16.6. The second-order valence-electron chi connectivity index (χ2n) is 16.1. The molecule has 14 heteroatoms. The van der Waals surface area contributed by atoms with Crippen molar-refractivity contribution in [3.63, 3.8) is 0 Å². The Morgan fingerprint density at radius 1 is 1.00 bits per heavy atom. The van der Waals surface area contributed by atoms with E-state index >= 15 is 0 Å². The molecule has 58 heavy (non-hydrogen) atoms. The van der Waals surface area contributed by atoms with E-state index in [1.165, 1.54) is 27.2 Å². The van der Waals surface area contributed by atoms with Crippen LogP contribution in [-0.4, -0.2) is 101 Å². The number of carbonyl (C=O) groups is 5. The summed E-state index contributed by atoms with van der Waals surface area (Å²) in [7, 11) is 2.74. The van der Waals surface area contributed by atoms with Gasteiger partial charge < -0.3 is 44.7 Å². The molecule has 1 heterocycles. The van der Waals surface area contributed by atoms with Crippen LogP contribution in [0.5, 0.6) is 0 Å². The summed E-state index contributed by atoms with van der Waals surface area (Å²) in [5.41, 5.74) is 1.41. The molecule has 324 valence electrons. The fourth-order valence-corrected chi connectivity index (χ4v) is 7.16. The van der Waals surface area contributed by atoms with E-state index in [0.29, 0.717) is 12.0 Å². The molecule has 0 saturated heterocycles. The number of methoxy groups -OCH3 is 2. The van der Waals surface area contributed by atoms with Gasteiger partial charge in [0.25, 0.3) is 0 Å². The number of allylic oxidation sites excluding steroid dienone is 7. The number of amides is 1. The SMILES string of the molecule is CO/C1=C\C(C)=C\[C@@H](C)[C@@H](O)[C@H](C)C/C(C)=C/C=C/[C@H](OC)[C@@H]([C@@H](C)[C@@H](O)[C@H](C)C(=O)CC(OC(=O)/C=C/C(=O)NC2=C(O)CCC2=O)[C@H](C)[C@H](O)C(C)C)OC1=O. The lowest BCUT2D eigenvalue weighted by molar-refractivity contribution is -0.162. The number of hydrogen-bond acceptors (Lipinski definition) is 13. The van der Waals surface area contributed by atoms with Crippen LogP contribution in [0.2, 0.25) is 0 Å². The van der Waals surface area contributed by atoms with E-state index in [2.05, 4.69) is 5.32 Å². The average molecular weight is 816 g/mol. The van der Waals surface area contributed by atoms with Gasteiger partial charge in [-0.1, -0.05) is 83.9 Å². The van der Waals surface area contributed by atoms with Crippen molar-refractivity contribution in [2.75, 3.05) is 14.2 Å². The number of Topliss-reactive ketones (excluding diaryl/α,β-unsaturated/α-hetero) is 2. The lowest BCUT2D eigenvalue weighted by Crippen LogP contribution is -2.46. The van der Waals surface area contributed by atoms with Gasteiger partial charge in [-0.2, -0.15) is 0 Å². The number of cyclic esters (lactones) is 1. The van der Waals surface area contributed by atoms with Crippen LogP contribution < -0.4 is 5.32 Å². The largest absolute Gasteiger partial charge is 0.510 e. The summed E-state index contributed by atoms with van der Waals surface area (Å²) in [5, 5.41) is 45.7. The summed E-state index contributed by atoms with van der Waals surface area (Å²) in [6.07, 6.45) is 4.38. The quantitative estimate of drug-likeness (QED) is 0.110. The molecule has 0 saturated carbocycles. The molecular weight excluding hydrogens is 750 g/mol. The van der Waals surface area contributed by atoms with Crippen LogP contribution in [0, 0.1) is 35.5 Å². The number of ketones is 2. The maximum absolute atomic E-state index is 13.9. The van der Waals surface area contributed by atoms with E-state index in [1.54, 1.807) is 46.8 Å². The van der Waals surface area contributed by atoms with Gasteiger partial charge in [-0.25, -0.2) is 9.59 Å². The Labute approximate surface area is 342 Å². The lowest BCUT2D eigenvalue weighted by Gasteiger charge is -2.34. The third-order valence-electron chi connectivity index (χ3n) is 10.9. The maximum atomic E-state index is 13.9. The number of aliphatic hydroxyl groups is 4. The Morgan fingerprint density at radius 3 is 2.22 bits per heavy atom. The molecule has 0 aromatic heterocycles. The summed E-state index contributed by atoms with van der Waals surface area (Å²) >= 11 is 0. The van der Waals surface area contributed by atoms with Crippen molar-refractivity contribution < 1.29 is 63.3 Å². The maximum Gasteiger partial charge on any atom is 0.373 e. The number of ether oxygens (including phenoxy) is 4.